The number of carbonyl (C=O) groups excluding carboxylic acids is 1. The topological polar surface area (TPSA) is 57.2 Å². The molecule has 1 atom stereocenters. The quantitative estimate of drug-likeness (QED) is 0.613. The van der Waals surface area contributed by atoms with Crippen molar-refractivity contribution < 1.29 is 9.53 Å². The number of hydrogen-bond acceptors (Lipinski definition) is 3. The van der Waals surface area contributed by atoms with E-state index < -0.39 is 0 Å². The normalized spacial score (nSPS) is 18.5. The Morgan fingerprint density at radius 2 is 1.97 bits per heavy atom. The van der Waals surface area contributed by atoms with Gasteiger partial charge in [-0.1, -0.05) is 30.3 Å². The molecule has 2 aliphatic rings. The fourth-order valence-corrected chi connectivity index (χ4v) is 4.35. The minimum atomic E-state index is 0.0567. The second-order valence-corrected chi connectivity index (χ2v) is 7.80. The third-order valence-electron chi connectivity index (χ3n) is 5.96. The van der Waals surface area contributed by atoms with Crippen LogP contribution in [0, 0.1) is 0 Å². The van der Waals surface area contributed by atoms with Gasteiger partial charge in [-0.2, -0.15) is 0 Å². The van der Waals surface area contributed by atoms with Gasteiger partial charge in [0.1, 0.15) is 12.3 Å². The molecule has 0 aromatic heterocycles. The van der Waals surface area contributed by atoms with Crippen LogP contribution in [0.4, 0.5) is 5.69 Å². The number of benzene rings is 2. The van der Waals surface area contributed by atoms with Gasteiger partial charge >= 0.3 is 0 Å². The van der Waals surface area contributed by atoms with E-state index in [-0.39, 0.29) is 12.5 Å². The number of anilines is 1. The van der Waals surface area contributed by atoms with Gasteiger partial charge in [0.15, 0.2) is 5.96 Å². The summed E-state index contributed by atoms with van der Waals surface area (Å²) in [5.74, 6) is 2.22. The summed E-state index contributed by atoms with van der Waals surface area (Å²) in [5.41, 5.74) is 3.59. The van der Waals surface area contributed by atoms with Crippen LogP contribution in [0.15, 0.2) is 53.5 Å². The highest BCUT2D eigenvalue weighted by atomic mass is 16.5. The fourth-order valence-electron chi connectivity index (χ4n) is 4.35. The summed E-state index contributed by atoms with van der Waals surface area (Å²) in [6, 6.07) is 16.5. The maximum Gasteiger partial charge on any atom is 0.248 e. The zero-order valence-electron chi connectivity index (χ0n) is 17.8. The van der Waals surface area contributed by atoms with Crippen molar-refractivity contribution in [3.8, 4) is 5.75 Å². The third-order valence-corrected chi connectivity index (χ3v) is 5.96. The van der Waals surface area contributed by atoms with Crippen molar-refractivity contribution >= 4 is 17.6 Å². The summed E-state index contributed by atoms with van der Waals surface area (Å²) in [4.78, 5) is 21.7. The van der Waals surface area contributed by atoms with Crippen molar-refractivity contribution in [3.05, 3.63) is 59.7 Å². The first kappa shape index (κ1) is 20.3. The second kappa shape index (κ2) is 9.20. The van der Waals surface area contributed by atoms with E-state index in [2.05, 4.69) is 40.3 Å². The van der Waals surface area contributed by atoms with Crippen LogP contribution in [0.25, 0.3) is 0 Å². The highest BCUT2D eigenvalue weighted by molar-refractivity contribution is 5.98. The second-order valence-electron chi connectivity index (χ2n) is 7.80. The van der Waals surface area contributed by atoms with Gasteiger partial charge in [-0.3, -0.25) is 4.79 Å². The number of rotatable bonds is 5. The Kier molecular flexibility index (Phi) is 6.21. The zero-order chi connectivity index (χ0) is 20.9. The van der Waals surface area contributed by atoms with Crippen LogP contribution in [-0.4, -0.2) is 56.6 Å². The molecule has 1 fully saturated rings. The lowest BCUT2D eigenvalue weighted by molar-refractivity contribution is -0.117. The van der Waals surface area contributed by atoms with E-state index >= 15 is 0 Å². The average molecular weight is 407 g/mol. The molecule has 2 heterocycles. The molecule has 2 aromatic carbocycles. The number of carbonyl (C=O) groups is 1. The number of para-hydroxylation sites is 1. The van der Waals surface area contributed by atoms with Gasteiger partial charge in [0, 0.05) is 37.8 Å². The molecule has 6 nitrogen and oxygen atoms in total. The molecule has 158 valence electrons. The smallest absolute Gasteiger partial charge is 0.248 e. The van der Waals surface area contributed by atoms with E-state index in [0.717, 1.165) is 56.4 Å². The van der Waals surface area contributed by atoms with Crippen molar-refractivity contribution in [2.24, 2.45) is 4.99 Å². The summed E-state index contributed by atoms with van der Waals surface area (Å²) < 4.78 is 5.27. The lowest BCUT2D eigenvalue weighted by atomic mass is 9.98. The maximum atomic E-state index is 12.8. The largest absolute Gasteiger partial charge is 0.497 e. The van der Waals surface area contributed by atoms with Crippen LogP contribution in [0.3, 0.4) is 0 Å². The summed E-state index contributed by atoms with van der Waals surface area (Å²) in [7, 11) is 1.69. The Bertz CT molecular complexity index is 910. The average Bonchev–Trinajstić information content (AvgIpc) is 3.44. The van der Waals surface area contributed by atoms with Gasteiger partial charge in [-0.05, 0) is 49.1 Å². The van der Waals surface area contributed by atoms with E-state index in [0.29, 0.717) is 5.92 Å². The van der Waals surface area contributed by atoms with Crippen LogP contribution in [0.5, 0.6) is 5.75 Å². The number of fused-ring (bicyclic) bond motifs is 1. The number of guanidine groups is 1. The van der Waals surface area contributed by atoms with Crippen LogP contribution in [-0.2, 0) is 11.2 Å². The zero-order valence-corrected chi connectivity index (χ0v) is 17.8. The number of hydrogen-bond donors (Lipinski definition) is 1. The molecule has 0 bridgehead atoms. The molecule has 1 N–H and O–H groups in total. The number of aliphatic imine (C=N–C) groups is 1. The lowest BCUT2D eigenvalue weighted by Crippen LogP contribution is -2.41. The number of amides is 1. The van der Waals surface area contributed by atoms with Crippen molar-refractivity contribution in [3.63, 3.8) is 0 Å². The van der Waals surface area contributed by atoms with Gasteiger partial charge in [-0.15, -0.1) is 0 Å². The molecule has 0 aliphatic carbocycles. The lowest BCUT2D eigenvalue weighted by Gasteiger charge is -2.22. The van der Waals surface area contributed by atoms with Crippen LogP contribution < -0.4 is 15.0 Å². The molecule has 2 aliphatic heterocycles. The summed E-state index contributed by atoms with van der Waals surface area (Å²) >= 11 is 0. The van der Waals surface area contributed by atoms with Crippen LogP contribution in [0.1, 0.15) is 30.4 Å². The molecule has 0 saturated carbocycles. The molecule has 1 amide bonds. The number of ether oxygens (including phenoxy) is 1. The first-order valence-electron chi connectivity index (χ1n) is 10.7. The number of likely N-dealkylation sites (tertiary alicyclic amines) is 1. The van der Waals surface area contributed by atoms with Crippen molar-refractivity contribution in [1.29, 1.82) is 0 Å². The summed E-state index contributed by atoms with van der Waals surface area (Å²) in [6.45, 7) is 5.59. The molecule has 2 aromatic rings. The molecular weight excluding hydrogens is 376 g/mol. The van der Waals surface area contributed by atoms with E-state index in [1.54, 1.807) is 7.11 Å². The van der Waals surface area contributed by atoms with Crippen molar-refractivity contribution in [2.75, 3.05) is 44.7 Å². The van der Waals surface area contributed by atoms with E-state index in [9.17, 15) is 4.79 Å². The molecular formula is C24H30N4O2. The molecule has 1 unspecified atom stereocenters. The highest BCUT2D eigenvalue weighted by Crippen LogP contribution is 2.29. The monoisotopic (exact) mass is 406 g/mol. The first-order chi connectivity index (χ1) is 14.7. The Labute approximate surface area is 178 Å². The Balaban J connectivity index is 1.41. The maximum absolute atomic E-state index is 12.8. The minimum Gasteiger partial charge on any atom is -0.497 e. The van der Waals surface area contributed by atoms with Crippen molar-refractivity contribution in [1.82, 2.24) is 10.2 Å². The number of methoxy groups -OCH3 is 1. The third kappa shape index (κ3) is 4.27. The van der Waals surface area contributed by atoms with Gasteiger partial charge in [0.25, 0.3) is 0 Å². The summed E-state index contributed by atoms with van der Waals surface area (Å²) in [5, 5.41) is 3.37. The Morgan fingerprint density at radius 3 is 2.73 bits per heavy atom. The van der Waals surface area contributed by atoms with Crippen LogP contribution >= 0.6 is 0 Å². The van der Waals surface area contributed by atoms with E-state index in [4.69, 9.17) is 4.74 Å². The minimum absolute atomic E-state index is 0.0567. The summed E-state index contributed by atoms with van der Waals surface area (Å²) in [6.07, 6.45) is 1.99. The molecule has 1 saturated heterocycles. The predicted molar refractivity (Wildman–Crippen MR) is 120 cm³/mol. The highest BCUT2D eigenvalue weighted by Gasteiger charge is 2.27. The van der Waals surface area contributed by atoms with E-state index in [1.807, 2.05) is 35.2 Å². The molecule has 0 radical (unpaired) electrons. The predicted octanol–water partition coefficient (Wildman–Crippen LogP) is 3.04. The van der Waals surface area contributed by atoms with Gasteiger partial charge in [0.2, 0.25) is 5.91 Å². The van der Waals surface area contributed by atoms with E-state index in [1.165, 1.54) is 11.1 Å². The first-order valence-corrected chi connectivity index (χ1v) is 10.7. The molecule has 6 heteroatoms. The standard InChI is InChI=1S/C24H30N4O2/c1-3-25-24(26-16-23(29)28-15-13-19-6-4-5-7-22(19)28)27-14-12-20(17-27)18-8-10-21(30-2)11-9-18/h4-11,20H,3,12-17H2,1-2H3,(H,25,26). The Morgan fingerprint density at radius 1 is 1.17 bits per heavy atom. The number of nitrogens with one attached hydrogen (secondary N) is 1. The SMILES string of the molecule is CCNC(=NCC(=O)N1CCc2ccccc21)N1CCC(c2ccc(OC)cc2)C1. The van der Waals surface area contributed by atoms with Crippen LogP contribution in [0.2, 0.25) is 0 Å². The molecule has 30 heavy (non-hydrogen) atoms. The molecule has 0 spiro atoms. The molecule has 4 rings (SSSR count). The Hall–Kier alpha value is -3.02. The fraction of sp³-hybridized carbons (Fsp3) is 0.417. The van der Waals surface area contributed by atoms with Gasteiger partial charge in [-0.25, -0.2) is 4.99 Å². The number of nitrogens with zero attached hydrogens (tertiary/aromatic N) is 3. The van der Waals surface area contributed by atoms with Gasteiger partial charge < -0.3 is 19.9 Å². The van der Waals surface area contributed by atoms with Crippen molar-refractivity contribution in [2.45, 2.75) is 25.7 Å². The van der Waals surface area contributed by atoms with Gasteiger partial charge in [0.05, 0.1) is 7.11 Å².